The lowest BCUT2D eigenvalue weighted by atomic mass is 10.1. The average molecular weight is 447 g/mol. The molecule has 1 amide bonds. The molecule has 10 nitrogen and oxygen atoms in total. The number of anilines is 1. The number of amides is 1. The normalized spacial score (nSPS) is 10.6. The standard InChI is InChI=1S/C23H17N3O7/c1-31-14-8-9-18(20(11-14)26(29)30)25-22(27)13-33-23(28)16-12-19(21-7-4-10-32-21)24-17-6-3-2-5-15(16)17/h2-12H,13H2,1H3,(H,25,27). The lowest BCUT2D eigenvalue weighted by Gasteiger charge is -2.10. The molecule has 4 aromatic rings. The van der Waals surface area contributed by atoms with E-state index in [4.69, 9.17) is 13.9 Å². The molecule has 0 bridgehead atoms. The van der Waals surface area contributed by atoms with Crippen molar-refractivity contribution in [3.63, 3.8) is 0 Å². The van der Waals surface area contributed by atoms with Gasteiger partial charge in [0.2, 0.25) is 0 Å². The molecule has 0 fully saturated rings. The highest BCUT2D eigenvalue weighted by Crippen LogP contribution is 2.29. The van der Waals surface area contributed by atoms with E-state index in [0.29, 0.717) is 22.4 Å². The minimum Gasteiger partial charge on any atom is -0.496 e. The second kappa shape index (κ2) is 9.18. The van der Waals surface area contributed by atoms with Crippen LogP contribution in [0.1, 0.15) is 10.4 Å². The fraction of sp³-hybridized carbons (Fsp3) is 0.0870. The number of para-hydroxylation sites is 1. The van der Waals surface area contributed by atoms with Crippen LogP contribution in [-0.2, 0) is 9.53 Å². The van der Waals surface area contributed by atoms with E-state index in [2.05, 4.69) is 10.3 Å². The summed E-state index contributed by atoms with van der Waals surface area (Å²) >= 11 is 0. The van der Waals surface area contributed by atoms with Crippen molar-refractivity contribution in [1.82, 2.24) is 4.98 Å². The number of nitrogens with one attached hydrogen (secondary N) is 1. The van der Waals surface area contributed by atoms with Crippen LogP contribution < -0.4 is 10.1 Å². The molecule has 2 heterocycles. The number of aromatic nitrogens is 1. The molecule has 166 valence electrons. The molecule has 0 aliphatic carbocycles. The van der Waals surface area contributed by atoms with E-state index in [-0.39, 0.29) is 22.7 Å². The fourth-order valence-electron chi connectivity index (χ4n) is 3.19. The Morgan fingerprint density at radius 3 is 2.67 bits per heavy atom. The Morgan fingerprint density at radius 1 is 1.12 bits per heavy atom. The van der Waals surface area contributed by atoms with E-state index >= 15 is 0 Å². The zero-order chi connectivity index (χ0) is 23.4. The zero-order valence-corrected chi connectivity index (χ0v) is 17.3. The van der Waals surface area contributed by atoms with Crippen LogP contribution in [0.25, 0.3) is 22.4 Å². The molecule has 2 aromatic heterocycles. The first-order chi connectivity index (χ1) is 16.0. The van der Waals surface area contributed by atoms with Gasteiger partial charge >= 0.3 is 5.97 Å². The van der Waals surface area contributed by atoms with Gasteiger partial charge in [0.05, 0.1) is 35.4 Å². The van der Waals surface area contributed by atoms with Crippen LogP contribution in [0.15, 0.2) is 71.3 Å². The maximum Gasteiger partial charge on any atom is 0.339 e. The van der Waals surface area contributed by atoms with Crippen molar-refractivity contribution in [3.05, 3.63) is 82.6 Å². The highest BCUT2D eigenvalue weighted by atomic mass is 16.6. The summed E-state index contributed by atoms with van der Waals surface area (Å²) in [7, 11) is 1.37. The van der Waals surface area contributed by atoms with Gasteiger partial charge in [-0.05, 0) is 36.4 Å². The van der Waals surface area contributed by atoms with Gasteiger partial charge in [0.1, 0.15) is 17.1 Å². The molecule has 0 spiro atoms. The predicted octanol–water partition coefficient (Wildman–Crippen LogP) is 4.21. The molecule has 4 rings (SSSR count). The Bertz CT molecular complexity index is 1350. The minimum atomic E-state index is -0.749. The monoisotopic (exact) mass is 447 g/mol. The lowest BCUT2D eigenvalue weighted by molar-refractivity contribution is -0.384. The van der Waals surface area contributed by atoms with Gasteiger partial charge in [-0.15, -0.1) is 0 Å². The molecule has 0 radical (unpaired) electrons. The van der Waals surface area contributed by atoms with E-state index in [1.54, 1.807) is 36.4 Å². The molecular weight excluding hydrogens is 430 g/mol. The second-order valence-electron chi connectivity index (χ2n) is 6.81. The number of rotatable bonds is 7. The maximum absolute atomic E-state index is 12.8. The third-order valence-corrected chi connectivity index (χ3v) is 4.72. The van der Waals surface area contributed by atoms with Crippen molar-refractivity contribution in [1.29, 1.82) is 0 Å². The highest BCUT2D eigenvalue weighted by Gasteiger charge is 2.20. The molecule has 0 unspecified atom stereocenters. The van der Waals surface area contributed by atoms with Gasteiger partial charge in [-0.3, -0.25) is 14.9 Å². The number of benzene rings is 2. The SMILES string of the molecule is COc1ccc(NC(=O)COC(=O)c2cc(-c3ccco3)nc3ccccc23)c([N+](=O)[O-])c1. The summed E-state index contributed by atoms with van der Waals surface area (Å²) in [5.74, 6) is -0.746. The first kappa shape index (κ1) is 21.5. The number of hydrogen-bond acceptors (Lipinski definition) is 8. The van der Waals surface area contributed by atoms with Crippen LogP contribution >= 0.6 is 0 Å². The number of nitro groups is 1. The Hall–Kier alpha value is -4.73. The average Bonchev–Trinajstić information content (AvgIpc) is 3.37. The first-order valence-corrected chi connectivity index (χ1v) is 9.69. The third kappa shape index (κ3) is 4.64. The Labute approximate surface area is 186 Å². The van der Waals surface area contributed by atoms with E-state index in [1.807, 2.05) is 0 Å². The number of carbonyl (C=O) groups is 2. The Kier molecular flexibility index (Phi) is 5.98. The molecule has 0 aliphatic heterocycles. The van der Waals surface area contributed by atoms with Crippen LogP contribution in [0.4, 0.5) is 11.4 Å². The predicted molar refractivity (Wildman–Crippen MR) is 118 cm³/mol. The summed E-state index contributed by atoms with van der Waals surface area (Å²) in [6.07, 6.45) is 1.49. The molecule has 0 saturated carbocycles. The fourth-order valence-corrected chi connectivity index (χ4v) is 3.19. The maximum atomic E-state index is 12.8. The quantitative estimate of drug-likeness (QED) is 0.253. The van der Waals surface area contributed by atoms with E-state index in [1.165, 1.54) is 37.6 Å². The van der Waals surface area contributed by atoms with Crippen LogP contribution in [0.3, 0.4) is 0 Å². The van der Waals surface area contributed by atoms with E-state index in [0.717, 1.165) is 0 Å². The molecule has 10 heteroatoms. The largest absolute Gasteiger partial charge is 0.496 e. The van der Waals surface area contributed by atoms with Crippen LogP contribution in [-0.4, -0.2) is 35.5 Å². The number of nitrogens with zero attached hydrogens (tertiary/aromatic N) is 2. The van der Waals surface area contributed by atoms with Gasteiger partial charge in [0.15, 0.2) is 12.4 Å². The lowest BCUT2D eigenvalue weighted by Crippen LogP contribution is -2.21. The molecule has 1 N–H and O–H groups in total. The van der Waals surface area contributed by atoms with Gasteiger partial charge in [-0.2, -0.15) is 0 Å². The number of hydrogen-bond donors (Lipinski definition) is 1. The van der Waals surface area contributed by atoms with Gasteiger partial charge in [-0.25, -0.2) is 9.78 Å². The summed E-state index contributed by atoms with van der Waals surface area (Å²) in [5, 5.41) is 14.2. The number of esters is 1. The molecular formula is C23H17N3O7. The minimum absolute atomic E-state index is 0.0451. The Balaban J connectivity index is 1.53. The molecule has 2 aromatic carbocycles. The van der Waals surface area contributed by atoms with Crippen LogP contribution in [0.5, 0.6) is 5.75 Å². The van der Waals surface area contributed by atoms with E-state index < -0.39 is 23.4 Å². The third-order valence-electron chi connectivity index (χ3n) is 4.72. The van der Waals surface area contributed by atoms with Gasteiger partial charge in [0, 0.05) is 5.39 Å². The number of carbonyl (C=O) groups excluding carboxylic acids is 2. The highest BCUT2D eigenvalue weighted by molar-refractivity contribution is 6.05. The molecule has 0 aliphatic rings. The summed E-state index contributed by atoms with van der Waals surface area (Å²) in [5.41, 5.74) is 0.796. The number of nitro benzene ring substituents is 1. The van der Waals surface area contributed by atoms with Crippen molar-refractivity contribution in [2.75, 3.05) is 19.0 Å². The smallest absolute Gasteiger partial charge is 0.339 e. The van der Waals surface area contributed by atoms with Crippen molar-refractivity contribution in [2.24, 2.45) is 0 Å². The number of fused-ring (bicyclic) bond motifs is 1. The summed E-state index contributed by atoms with van der Waals surface area (Å²) in [6, 6.07) is 15.9. The second-order valence-corrected chi connectivity index (χ2v) is 6.81. The molecule has 33 heavy (non-hydrogen) atoms. The van der Waals surface area contributed by atoms with Crippen LogP contribution in [0, 0.1) is 10.1 Å². The summed E-state index contributed by atoms with van der Waals surface area (Å²) in [4.78, 5) is 40.3. The van der Waals surface area contributed by atoms with Crippen molar-refractivity contribution in [2.45, 2.75) is 0 Å². The van der Waals surface area contributed by atoms with Crippen molar-refractivity contribution < 1.29 is 28.4 Å². The van der Waals surface area contributed by atoms with Crippen LogP contribution in [0.2, 0.25) is 0 Å². The zero-order valence-electron chi connectivity index (χ0n) is 17.3. The van der Waals surface area contributed by atoms with Gasteiger partial charge < -0.3 is 19.2 Å². The summed E-state index contributed by atoms with van der Waals surface area (Å²) < 4.78 is 15.5. The number of methoxy groups -OCH3 is 1. The Morgan fingerprint density at radius 2 is 1.94 bits per heavy atom. The number of furan rings is 1. The summed E-state index contributed by atoms with van der Waals surface area (Å²) in [6.45, 7) is -0.644. The van der Waals surface area contributed by atoms with Gasteiger partial charge in [-0.1, -0.05) is 18.2 Å². The van der Waals surface area contributed by atoms with Crippen molar-refractivity contribution >= 4 is 34.2 Å². The molecule has 0 atom stereocenters. The van der Waals surface area contributed by atoms with E-state index in [9.17, 15) is 19.7 Å². The number of ether oxygens (including phenoxy) is 2. The number of pyridine rings is 1. The topological polar surface area (TPSA) is 134 Å². The van der Waals surface area contributed by atoms with Crippen molar-refractivity contribution in [3.8, 4) is 17.2 Å². The first-order valence-electron chi connectivity index (χ1n) is 9.69. The molecule has 0 saturated heterocycles. The van der Waals surface area contributed by atoms with Gasteiger partial charge in [0.25, 0.3) is 11.6 Å².